The van der Waals surface area contributed by atoms with Gasteiger partial charge in [0.2, 0.25) is 5.92 Å². The first-order valence-corrected chi connectivity index (χ1v) is 3.86. The second-order valence-electron chi connectivity index (χ2n) is 2.59. The van der Waals surface area contributed by atoms with Gasteiger partial charge in [0.05, 0.1) is 6.61 Å². The summed E-state index contributed by atoms with van der Waals surface area (Å²) in [6.07, 6.45) is -11.4. The Morgan fingerprint density at radius 3 is 1.81 bits per heavy atom. The van der Waals surface area contributed by atoms with Gasteiger partial charge >= 0.3 is 18.3 Å². The van der Waals surface area contributed by atoms with Gasteiger partial charge in [-0.3, -0.25) is 9.59 Å². The van der Waals surface area contributed by atoms with E-state index < -0.39 is 36.6 Å². The summed E-state index contributed by atoms with van der Waals surface area (Å²) >= 11 is 0. The zero-order valence-corrected chi connectivity index (χ0v) is 7.78. The van der Waals surface area contributed by atoms with Crippen LogP contribution in [0.3, 0.4) is 0 Å². The van der Waals surface area contributed by atoms with Crippen molar-refractivity contribution in [2.75, 3.05) is 6.61 Å². The molecule has 1 atom stereocenters. The fourth-order valence-electron chi connectivity index (χ4n) is 0.779. The standard InChI is InChI=1S/C7H6F6O3/c1-2-16-5(15)3(6(8,9)10)4(14)7(11,12)13/h3H,2H2,1H3. The number of halogens is 6. The van der Waals surface area contributed by atoms with E-state index in [-0.39, 0.29) is 0 Å². The minimum Gasteiger partial charge on any atom is -0.465 e. The summed E-state index contributed by atoms with van der Waals surface area (Å²) in [4.78, 5) is 21.0. The largest absolute Gasteiger partial charge is 0.465 e. The Labute approximate surface area is 85.4 Å². The molecular weight excluding hydrogens is 246 g/mol. The fourth-order valence-corrected chi connectivity index (χ4v) is 0.779. The quantitative estimate of drug-likeness (QED) is 0.437. The summed E-state index contributed by atoms with van der Waals surface area (Å²) in [6, 6.07) is 0. The predicted molar refractivity (Wildman–Crippen MR) is 37.2 cm³/mol. The smallest absolute Gasteiger partial charge is 0.451 e. The van der Waals surface area contributed by atoms with E-state index in [2.05, 4.69) is 4.74 Å². The molecule has 16 heavy (non-hydrogen) atoms. The van der Waals surface area contributed by atoms with E-state index >= 15 is 0 Å². The number of Topliss-reactive ketones (excluding diaryl/α,β-unsaturated/α-hetero) is 1. The summed E-state index contributed by atoms with van der Waals surface area (Å²) < 4.78 is 75.2. The number of esters is 1. The number of ketones is 1. The van der Waals surface area contributed by atoms with Crippen LogP contribution in [-0.2, 0) is 14.3 Å². The summed E-state index contributed by atoms with van der Waals surface area (Å²) in [7, 11) is 0. The van der Waals surface area contributed by atoms with Gasteiger partial charge in [0.15, 0.2) is 0 Å². The molecule has 0 rings (SSSR count). The number of carbonyl (C=O) groups excluding carboxylic acids is 2. The Bertz CT molecular complexity index is 279. The molecule has 0 aromatic heterocycles. The average molecular weight is 252 g/mol. The number of carbonyl (C=O) groups is 2. The molecule has 0 radical (unpaired) electrons. The lowest BCUT2D eigenvalue weighted by atomic mass is 10.0. The molecular formula is C7H6F6O3. The van der Waals surface area contributed by atoms with Crippen molar-refractivity contribution >= 4 is 11.8 Å². The van der Waals surface area contributed by atoms with Crippen molar-refractivity contribution < 1.29 is 40.7 Å². The molecule has 3 nitrogen and oxygen atoms in total. The van der Waals surface area contributed by atoms with Gasteiger partial charge in [0.25, 0.3) is 5.78 Å². The number of alkyl halides is 6. The maximum atomic E-state index is 12.1. The van der Waals surface area contributed by atoms with Crippen molar-refractivity contribution in [1.82, 2.24) is 0 Å². The predicted octanol–water partition coefficient (Wildman–Crippen LogP) is 1.86. The van der Waals surface area contributed by atoms with Gasteiger partial charge in [-0.05, 0) is 6.92 Å². The number of ether oxygens (including phenoxy) is 1. The van der Waals surface area contributed by atoms with Gasteiger partial charge in [-0.2, -0.15) is 26.3 Å². The molecule has 0 aliphatic heterocycles. The van der Waals surface area contributed by atoms with E-state index in [0.717, 1.165) is 6.92 Å². The van der Waals surface area contributed by atoms with E-state index in [9.17, 15) is 35.9 Å². The molecule has 0 heterocycles. The molecule has 0 aliphatic rings. The molecule has 0 bridgehead atoms. The van der Waals surface area contributed by atoms with Gasteiger partial charge < -0.3 is 4.74 Å². The van der Waals surface area contributed by atoms with Crippen LogP contribution in [0, 0.1) is 5.92 Å². The lowest BCUT2D eigenvalue weighted by Gasteiger charge is -2.18. The van der Waals surface area contributed by atoms with E-state index in [1.54, 1.807) is 0 Å². The monoisotopic (exact) mass is 252 g/mol. The molecule has 9 heteroatoms. The van der Waals surface area contributed by atoms with Crippen molar-refractivity contribution in [2.45, 2.75) is 19.3 Å². The normalized spacial score (nSPS) is 14.4. The van der Waals surface area contributed by atoms with Gasteiger partial charge in [0.1, 0.15) is 0 Å². The fraction of sp³-hybridized carbons (Fsp3) is 0.714. The molecule has 0 fully saturated rings. The average Bonchev–Trinajstić information content (AvgIpc) is 1.99. The Balaban J connectivity index is 5.13. The zero-order valence-electron chi connectivity index (χ0n) is 7.78. The number of hydrogen-bond acceptors (Lipinski definition) is 3. The molecule has 0 aliphatic carbocycles. The van der Waals surface area contributed by atoms with Crippen LogP contribution in [0.15, 0.2) is 0 Å². The van der Waals surface area contributed by atoms with Crippen LogP contribution in [0.4, 0.5) is 26.3 Å². The molecule has 0 N–H and O–H groups in total. The van der Waals surface area contributed by atoms with Crippen LogP contribution in [-0.4, -0.2) is 30.7 Å². The molecule has 94 valence electrons. The second kappa shape index (κ2) is 4.71. The third kappa shape index (κ3) is 3.70. The van der Waals surface area contributed by atoms with Crippen molar-refractivity contribution in [2.24, 2.45) is 5.92 Å². The van der Waals surface area contributed by atoms with Crippen molar-refractivity contribution in [3.05, 3.63) is 0 Å². The van der Waals surface area contributed by atoms with Crippen LogP contribution < -0.4 is 0 Å². The lowest BCUT2D eigenvalue weighted by Crippen LogP contribution is -2.44. The first kappa shape index (κ1) is 14.7. The Morgan fingerprint density at radius 2 is 1.56 bits per heavy atom. The van der Waals surface area contributed by atoms with E-state index in [1.807, 2.05) is 0 Å². The highest BCUT2D eigenvalue weighted by Crippen LogP contribution is 2.33. The SMILES string of the molecule is CCOC(=O)C(C(=O)C(F)(F)F)C(F)(F)F. The van der Waals surface area contributed by atoms with Gasteiger partial charge in [0, 0.05) is 0 Å². The molecule has 0 aromatic rings. The minimum atomic E-state index is -5.74. The minimum absolute atomic E-state index is 0.559. The highest BCUT2D eigenvalue weighted by atomic mass is 19.4. The maximum absolute atomic E-state index is 12.1. The Kier molecular flexibility index (Phi) is 4.33. The van der Waals surface area contributed by atoms with Crippen LogP contribution in [0.25, 0.3) is 0 Å². The number of rotatable bonds is 3. The van der Waals surface area contributed by atoms with Crippen molar-refractivity contribution in [3.63, 3.8) is 0 Å². The molecule has 0 aromatic carbocycles. The van der Waals surface area contributed by atoms with Crippen molar-refractivity contribution in [1.29, 1.82) is 0 Å². The summed E-state index contributed by atoms with van der Waals surface area (Å²) in [5.41, 5.74) is 0. The van der Waals surface area contributed by atoms with Crippen LogP contribution in [0.5, 0.6) is 0 Å². The van der Waals surface area contributed by atoms with Crippen LogP contribution in [0.1, 0.15) is 6.92 Å². The molecule has 1 unspecified atom stereocenters. The highest BCUT2D eigenvalue weighted by Gasteiger charge is 2.59. The van der Waals surface area contributed by atoms with E-state index in [1.165, 1.54) is 0 Å². The van der Waals surface area contributed by atoms with Gasteiger partial charge in [-0.1, -0.05) is 0 Å². The summed E-state index contributed by atoms with van der Waals surface area (Å²) in [6.45, 7) is 0.542. The third-order valence-corrected chi connectivity index (χ3v) is 1.39. The Hall–Kier alpha value is -1.28. The number of hydrogen-bond donors (Lipinski definition) is 0. The second-order valence-corrected chi connectivity index (χ2v) is 2.59. The van der Waals surface area contributed by atoms with E-state index in [0.29, 0.717) is 0 Å². The highest BCUT2D eigenvalue weighted by molar-refractivity contribution is 6.02. The lowest BCUT2D eigenvalue weighted by molar-refractivity contribution is -0.218. The zero-order chi connectivity index (χ0) is 13.1. The maximum Gasteiger partial charge on any atom is 0.451 e. The topological polar surface area (TPSA) is 43.4 Å². The van der Waals surface area contributed by atoms with Gasteiger partial charge in [-0.15, -0.1) is 0 Å². The third-order valence-electron chi connectivity index (χ3n) is 1.39. The molecule has 0 amide bonds. The van der Waals surface area contributed by atoms with Crippen molar-refractivity contribution in [3.8, 4) is 0 Å². The van der Waals surface area contributed by atoms with E-state index in [4.69, 9.17) is 0 Å². The first-order chi connectivity index (χ1) is 7.01. The summed E-state index contributed by atoms with van der Waals surface area (Å²) in [5, 5.41) is 0. The first-order valence-electron chi connectivity index (χ1n) is 3.86. The van der Waals surface area contributed by atoms with Crippen LogP contribution in [0.2, 0.25) is 0 Å². The molecule has 0 saturated heterocycles. The molecule has 0 spiro atoms. The molecule has 0 saturated carbocycles. The summed E-state index contributed by atoms with van der Waals surface area (Å²) in [5.74, 6) is -9.25. The Morgan fingerprint density at radius 1 is 1.12 bits per heavy atom. The van der Waals surface area contributed by atoms with Crippen LogP contribution >= 0.6 is 0 Å². The van der Waals surface area contributed by atoms with Gasteiger partial charge in [-0.25, -0.2) is 0 Å².